The summed E-state index contributed by atoms with van der Waals surface area (Å²) < 4.78 is 6.43. The average Bonchev–Trinajstić information content (AvgIpc) is 3.48. The number of fused-ring (bicyclic) bond motifs is 3. The van der Waals surface area contributed by atoms with Gasteiger partial charge in [0.05, 0.1) is 11.4 Å². The van der Waals surface area contributed by atoms with E-state index < -0.39 is 0 Å². The molecule has 8 aromatic rings. The van der Waals surface area contributed by atoms with Crippen molar-refractivity contribution in [2.45, 2.75) is 0 Å². The summed E-state index contributed by atoms with van der Waals surface area (Å²) in [6.45, 7) is 0. The van der Waals surface area contributed by atoms with E-state index in [0.717, 1.165) is 72.3 Å². The quantitative estimate of drug-likeness (QED) is 0.214. The van der Waals surface area contributed by atoms with E-state index in [1.54, 1.807) is 0 Å². The summed E-state index contributed by atoms with van der Waals surface area (Å²) in [4.78, 5) is 10.2. The number of nitrogens with zero attached hydrogens (tertiary/aromatic N) is 2. The van der Waals surface area contributed by atoms with Gasteiger partial charge in [-0.1, -0.05) is 140 Å². The van der Waals surface area contributed by atoms with Crippen LogP contribution in [0.3, 0.4) is 0 Å². The lowest BCUT2D eigenvalue weighted by Crippen LogP contribution is -1.97. The summed E-state index contributed by atoms with van der Waals surface area (Å²) in [7, 11) is 0. The van der Waals surface area contributed by atoms with Gasteiger partial charge >= 0.3 is 0 Å². The molecule has 0 aliphatic rings. The molecule has 0 N–H and O–H groups in total. The molecular weight excluding hydrogens is 524 g/mol. The Hall–Kier alpha value is -5.80. The van der Waals surface area contributed by atoms with Crippen molar-refractivity contribution >= 4 is 21.9 Å². The Bertz CT molecular complexity index is 2160. The van der Waals surface area contributed by atoms with Crippen LogP contribution in [0, 0.1) is 0 Å². The van der Waals surface area contributed by atoms with Gasteiger partial charge < -0.3 is 4.42 Å². The van der Waals surface area contributed by atoms with Crippen LogP contribution in [0.25, 0.3) is 78.1 Å². The molecule has 43 heavy (non-hydrogen) atoms. The smallest absolute Gasteiger partial charge is 0.160 e. The highest BCUT2D eigenvalue weighted by Gasteiger charge is 2.17. The minimum atomic E-state index is 0.695. The van der Waals surface area contributed by atoms with E-state index in [-0.39, 0.29) is 0 Å². The third-order valence-electron chi connectivity index (χ3n) is 7.92. The van der Waals surface area contributed by atoms with Crippen molar-refractivity contribution < 1.29 is 4.42 Å². The molecule has 202 valence electrons. The van der Waals surface area contributed by atoms with Gasteiger partial charge in [0.25, 0.3) is 0 Å². The summed E-state index contributed by atoms with van der Waals surface area (Å²) in [5, 5.41) is 2.23. The second kappa shape index (κ2) is 10.6. The molecule has 2 aromatic heterocycles. The van der Waals surface area contributed by atoms with Gasteiger partial charge in [0.2, 0.25) is 0 Å². The third-order valence-corrected chi connectivity index (χ3v) is 7.92. The number of para-hydroxylation sites is 2. The molecular formula is C40H26N2O. The van der Waals surface area contributed by atoms with Crippen molar-refractivity contribution in [3.05, 3.63) is 158 Å². The van der Waals surface area contributed by atoms with Crippen LogP contribution in [0.5, 0.6) is 0 Å². The highest BCUT2D eigenvalue weighted by atomic mass is 16.3. The first-order valence-electron chi connectivity index (χ1n) is 14.4. The minimum absolute atomic E-state index is 0.695. The van der Waals surface area contributed by atoms with E-state index in [0.29, 0.717) is 5.82 Å². The molecule has 0 fully saturated rings. The molecule has 0 aliphatic carbocycles. The zero-order valence-corrected chi connectivity index (χ0v) is 23.3. The Morgan fingerprint density at radius 2 is 1.00 bits per heavy atom. The van der Waals surface area contributed by atoms with Gasteiger partial charge in [-0.05, 0) is 34.9 Å². The first-order chi connectivity index (χ1) is 21.3. The molecule has 2 heterocycles. The van der Waals surface area contributed by atoms with E-state index in [2.05, 4.69) is 103 Å². The highest BCUT2D eigenvalue weighted by molar-refractivity contribution is 6.09. The molecule has 0 aliphatic heterocycles. The van der Waals surface area contributed by atoms with E-state index >= 15 is 0 Å². The van der Waals surface area contributed by atoms with Crippen LogP contribution < -0.4 is 0 Å². The van der Waals surface area contributed by atoms with Gasteiger partial charge in [-0.3, -0.25) is 0 Å². The Morgan fingerprint density at radius 1 is 0.372 bits per heavy atom. The molecule has 0 saturated heterocycles. The van der Waals surface area contributed by atoms with Gasteiger partial charge in [-0.25, -0.2) is 9.97 Å². The van der Waals surface area contributed by atoms with Crippen LogP contribution in [0.15, 0.2) is 162 Å². The van der Waals surface area contributed by atoms with Gasteiger partial charge in [0, 0.05) is 33.0 Å². The minimum Gasteiger partial charge on any atom is -0.455 e. The predicted octanol–water partition coefficient (Wildman–Crippen LogP) is 10.7. The van der Waals surface area contributed by atoms with E-state index in [1.165, 1.54) is 0 Å². The molecule has 0 radical (unpaired) electrons. The van der Waals surface area contributed by atoms with E-state index in [4.69, 9.17) is 14.4 Å². The van der Waals surface area contributed by atoms with Crippen LogP contribution in [-0.4, -0.2) is 9.97 Å². The Labute approximate surface area is 249 Å². The van der Waals surface area contributed by atoms with Gasteiger partial charge in [-0.2, -0.15) is 0 Å². The van der Waals surface area contributed by atoms with Crippen LogP contribution in [-0.2, 0) is 0 Å². The van der Waals surface area contributed by atoms with Crippen LogP contribution >= 0.6 is 0 Å². The monoisotopic (exact) mass is 550 g/mol. The van der Waals surface area contributed by atoms with Crippen molar-refractivity contribution in [3.63, 3.8) is 0 Å². The van der Waals surface area contributed by atoms with Crippen molar-refractivity contribution in [2.75, 3.05) is 0 Å². The number of hydrogen-bond donors (Lipinski definition) is 0. The topological polar surface area (TPSA) is 38.9 Å². The summed E-state index contributed by atoms with van der Waals surface area (Å²) in [6.07, 6.45) is 0. The first kappa shape index (κ1) is 25.0. The fourth-order valence-corrected chi connectivity index (χ4v) is 5.83. The fraction of sp³-hybridized carbons (Fsp3) is 0. The first-order valence-corrected chi connectivity index (χ1v) is 14.4. The number of hydrogen-bond acceptors (Lipinski definition) is 3. The van der Waals surface area contributed by atoms with Gasteiger partial charge in [0.1, 0.15) is 11.2 Å². The molecule has 3 heteroatoms. The Balaban J connectivity index is 1.39. The second-order valence-corrected chi connectivity index (χ2v) is 10.6. The van der Waals surface area contributed by atoms with Gasteiger partial charge in [0.15, 0.2) is 5.82 Å². The lowest BCUT2D eigenvalue weighted by molar-refractivity contribution is 0.670. The van der Waals surface area contributed by atoms with Crippen molar-refractivity contribution in [2.24, 2.45) is 0 Å². The maximum atomic E-state index is 6.43. The van der Waals surface area contributed by atoms with Crippen LogP contribution in [0.1, 0.15) is 0 Å². The number of benzene rings is 6. The predicted molar refractivity (Wildman–Crippen MR) is 176 cm³/mol. The molecule has 6 aromatic carbocycles. The maximum Gasteiger partial charge on any atom is 0.160 e. The van der Waals surface area contributed by atoms with Crippen molar-refractivity contribution in [1.29, 1.82) is 0 Å². The molecule has 0 atom stereocenters. The molecule has 0 spiro atoms. The SMILES string of the molecule is c1ccc(-c2cc(-c3cc(-c4cccc5c4oc4ccccc45)ccc3-c3ccccc3)nc(-c3ccccc3)n2)cc1. The van der Waals surface area contributed by atoms with E-state index in [9.17, 15) is 0 Å². The van der Waals surface area contributed by atoms with Crippen LogP contribution in [0.2, 0.25) is 0 Å². The van der Waals surface area contributed by atoms with Crippen LogP contribution in [0.4, 0.5) is 0 Å². The van der Waals surface area contributed by atoms with Crippen molar-refractivity contribution in [1.82, 2.24) is 9.97 Å². The summed E-state index contributed by atoms with van der Waals surface area (Å²) in [6, 6.07) is 54.3. The van der Waals surface area contributed by atoms with E-state index in [1.807, 2.05) is 54.6 Å². The number of furan rings is 1. The highest BCUT2D eigenvalue weighted by Crippen LogP contribution is 2.40. The van der Waals surface area contributed by atoms with Crippen molar-refractivity contribution in [3.8, 4) is 56.2 Å². The molecule has 8 rings (SSSR count). The largest absolute Gasteiger partial charge is 0.455 e. The normalized spacial score (nSPS) is 11.3. The second-order valence-electron chi connectivity index (χ2n) is 10.6. The maximum absolute atomic E-state index is 6.43. The fourth-order valence-electron chi connectivity index (χ4n) is 5.83. The number of aromatic nitrogens is 2. The number of rotatable bonds is 5. The molecule has 0 bridgehead atoms. The summed E-state index contributed by atoms with van der Waals surface area (Å²) in [5.41, 5.74) is 11.0. The average molecular weight is 551 g/mol. The zero-order chi connectivity index (χ0) is 28.6. The zero-order valence-electron chi connectivity index (χ0n) is 23.3. The molecule has 0 amide bonds. The Morgan fingerprint density at radius 3 is 1.77 bits per heavy atom. The molecule has 3 nitrogen and oxygen atoms in total. The lowest BCUT2D eigenvalue weighted by Gasteiger charge is -2.15. The summed E-state index contributed by atoms with van der Waals surface area (Å²) >= 11 is 0. The lowest BCUT2D eigenvalue weighted by atomic mass is 9.92. The molecule has 0 unspecified atom stereocenters. The Kier molecular flexibility index (Phi) is 6.12. The summed E-state index contributed by atoms with van der Waals surface area (Å²) in [5.74, 6) is 0.695. The third kappa shape index (κ3) is 4.58. The van der Waals surface area contributed by atoms with Gasteiger partial charge in [-0.15, -0.1) is 0 Å². The standard InChI is InChI=1S/C40H26N2O/c1-4-13-27(14-5-1)31-24-23-30(32-20-12-21-34-33-19-10-11-22-38(33)43-39(32)34)25-35(31)37-26-36(28-15-6-2-7-16-28)41-40(42-37)29-17-8-3-9-18-29/h1-26H. The molecule has 0 saturated carbocycles.